The fourth-order valence-electron chi connectivity index (χ4n) is 2.71. The van der Waals surface area contributed by atoms with Crippen LogP contribution >= 0.6 is 11.6 Å². The lowest BCUT2D eigenvalue weighted by molar-refractivity contribution is 0.408. The van der Waals surface area contributed by atoms with Crippen molar-refractivity contribution in [2.75, 3.05) is 0 Å². The van der Waals surface area contributed by atoms with Gasteiger partial charge in [-0.2, -0.15) is 0 Å². The monoisotopic (exact) mass is 408 g/mol. The molecule has 7 nitrogen and oxygen atoms in total. The summed E-state index contributed by atoms with van der Waals surface area (Å²) < 4.78 is 16.5. The molecule has 29 heavy (non-hydrogen) atoms. The molecule has 4 rings (SSSR count). The summed E-state index contributed by atoms with van der Waals surface area (Å²) in [7, 11) is 0. The Morgan fingerprint density at radius 3 is 2.45 bits per heavy atom. The molecular formula is C21H17ClN4O3. The van der Waals surface area contributed by atoms with E-state index in [2.05, 4.69) is 20.3 Å². The minimum Gasteiger partial charge on any atom is -0.437 e. The zero-order valence-corrected chi connectivity index (χ0v) is 16.8. The van der Waals surface area contributed by atoms with Crippen molar-refractivity contribution in [3.8, 4) is 23.0 Å². The highest BCUT2D eigenvalue weighted by Crippen LogP contribution is 2.31. The van der Waals surface area contributed by atoms with Gasteiger partial charge in [0.15, 0.2) is 17.3 Å². The molecule has 0 saturated carbocycles. The Bertz CT molecular complexity index is 1200. The van der Waals surface area contributed by atoms with Crippen LogP contribution in [0.25, 0.3) is 23.5 Å². The van der Waals surface area contributed by atoms with Gasteiger partial charge in [-0.15, -0.1) is 0 Å². The smallest absolute Gasteiger partial charge is 0.221 e. The van der Waals surface area contributed by atoms with Crippen molar-refractivity contribution >= 4 is 23.8 Å². The molecule has 0 atom stereocenters. The minimum atomic E-state index is 0.286. The Morgan fingerprint density at radius 2 is 1.72 bits per heavy atom. The quantitative estimate of drug-likeness (QED) is 0.393. The number of hydrogen-bond donors (Lipinski definition) is 0. The molecular weight excluding hydrogens is 392 g/mol. The molecule has 4 heterocycles. The predicted octanol–water partition coefficient (Wildman–Crippen LogP) is 5.66. The van der Waals surface area contributed by atoms with Gasteiger partial charge in [0.05, 0.1) is 17.6 Å². The van der Waals surface area contributed by atoms with E-state index in [1.54, 1.807) is 24.5 Å². The van der Waals surface area contributed by atoms with E-state index in [1.807, 2.05) is 45.1 Å². The van der Waals surface area contributed by atoms with Crippen LogP contribution in [0.5, 0.6) is 11.6 Å². The van der Waals surface area contributed by atoms with Crippen molar-refractivity contribution in [2.45, 2.75) is 20.8 Å². The molecule has 0 spiro atoms. The maximum atomic E-state index is 6.17. The molecule has 0 radical (unpaired) electrons. The molecule has 0 aliphatic heterocycles. The van der Waals surface area contributed by atoms with Gasteiger partial charge in [0.1, 0.15) is 5.15 Å². The van der Waals surface area contributed by atoms with E-state index in [0.717, 1.165) is 28.1 Å². The zero-order valence-electron chi connectivity index (χ0n) is 16.0. The summed E-state index contributed by atoms with van der Waals surface area (Å²) in [6, 6.07) is 7.10. The third-order valence-electron chi connectivity index (χ3n) is 4.18. The molecule has 0 bridgehead atoms. The second kappa shape index (κ2) is 7.89. The van der Waals surface area contributed by atoms with Crippen LogP contribution in [0.15, 0.2) is 45.7 Å². The van der Waals surface area contributed by atoms with Gasteiger partial charge in [0.25, 0.3) is 0 Å². The number of nitrogens with zero attached hydrogens (tertiary/aromatic N) is 4. The lowest BCUT2D eigenvalue weighted by atomic mass is 10.1. The van der Waals surface area contributed by atoms with Gasteiger partial charge < -0.3 is 13.8 Å². The van der Waals surface area contributed by atoms with Gasteiger partial charge in [0.2, 0.25) is 5.88 Å². The molecule has 0 amide bonds. The summed E-state index contributed by atoms with van der Waals surface area (Å²) in [5, 5.41) is 8.05. The van der Waals surface area contributed by atoms with E-state index >= 15 is 0 Å². The molecule has 0 N–H and O–H groups in total. The molecule has 0 fully saturated rings. The van der Waals surface area contributed by atoms with Gasteiger partial charge in [-0.3, -0.25) is 4.98 Å². The van der Waals surface area contributed by atoms with Crippen LogP contribution in [0.4, 0.5) is 0 Å². The Morgan fingerprint density at radius 1 is 0.931 bits per heavy atom. The van der Waals surface area contributed by atoms with E-state index in [0.29, 0.717) is 23.1 Å². The Kier molecular flexibility index (Phi) is 5.14. The number of rotatable bonds is 5. The highest BCUT2D eigenvalue weighted by molar-refractivity contribution is 6.29. The van der Waals surface area contributed by atoms with E-state index in [1.165, 1.54) is 0 Å². The minimum absolute atomic E-state index is 0.286. The van der Waals surface area contributed by atoms with Crippen LogP contribution in [0.1, 0.15) is 28.3 Å². The maximum absolute atomic E-state index is 6.17. The number of aryl methyl sites for hydroxylation is 2. The van der Waals surface area contributed by atoms with Gasteiger partial charge in [0, 0.05) is 35.5 Å². The average Bonchev–Trinajstić information content (AvgIpc) is 3.30. The topological polar surface area (TPSA) is 87.1 Å². The van der Waals surface area contributed by atoms with Crippen molar-refractivity contribution in [3.63, 3.8) is 0 Å². The Hall–Kier alpha value is -3.45. The number of aromatic nitrogens is 4. The van der Waals surface area contributed by atoms with Crippen LogP contribution in [0.3, 0.4) is 0 Å². The van der Waals surface area contributed by atoms with Crippen molar-refractivity contribution < 1.29 is 13.8 Å². The first-order valence-electron chi connectivity index (χ1n) is 8.83. The molecule has 4 aromatic heterocycles. The Labute approximate surface area is 172 Å². The highest BCUT2D eigenvalue weighted by atomic mass is 35.5. The van der Waals surface area contributed by atoms with Crippen LogP contribution in [0.2, 0.25) is 5.15 Å². The molecule has 8 heteroatoms. The molecule has 4 aromatic rings. The number of pyridine rings is 2. The SMILES string of the molecule is Cc1cc(/C=C/c2cncc(Oc3cc(-c4cc(C)no4)cc(Cl)n3)c2C)on1. The zero-order chi connectivity index (χ0) is 20.4. The first-order chi connectivity index (χ1) is 14.0. The largest absolute Gasteiger partial charge is 0.437 e. The van der Waals surface area contributed by atoms with Gasteiger partial charge >= 0.3 is 0 Å². The van der Waals surface area contributed by atoms with E-state index < -0.39 is 0 Å². The van der Waals surface area contributed by atoms with E-state index in [9.17, 15) is 0 Å². The van der Waals surface area contributed by atoms with Crippen LogP contribution < -0.4 is 4.74 Å². The second-order valence-corrected chi connectivity index (χ2v) is 6.89. The van der Waals surface area contributed by atoms with Gasteiger partial charge in [-0.25, -0.2) is 4.98 Å². The second-order valence-electron chi connectivity index (χ2n) is 6.51. The lowest BCUT2D eigenvalue weighted by Gasteiger charge is -2.10. The van der Waals surface area contributed by atoms with E-state index in [4.69, 9.17) is 25.4 Å². The molecule has 0 unspecified atom stereocenters. The average molecular weight is 409 g/mol. The Balaban J connectivity index is 1.61. The molecule has 0 aromatic carbocycles. The highest BCUT2D eigenvalue weighted by Gasteiger charge is 2.12. The van der Waals surface area contributed by atoms with Crippen molar-refractivity contribution in [1.82, 2.24) is 20.3 Å². The van der Waals surface area contributed by atoms with Gasteiger partial charge in [-0.1, -0.05) is 21.9 Å². The molecule has 0 aliphatic carbocycles. The number of halogens is 1. The van der Waals surface area contributed by atoms with E-state index in [-0.39, 0.29) is 5.15 Å². The van der Waals surface area contributed by atoms with Gasteiger partial charge in [-0.05, 0) is 44.6 Å². The fourth-order valence-corrected chi connectivity index (χ4v) is 2.91. The first-order valence-corrected chi connectivity index (χ1v) is 9.21. The summed E-state index contributed by atoms with van der Waals surface area (Å²) in [4.78, 5) is 8.49. The number of ether oxygens (including phenoxy) is 1. The summed E-state index contributed by atoms with van der Waals surface area (Å²) in [6.45, 7) is 5.66. The lowest BCUT2D eigenvalue weighted by Crippen LogP contribution is -1.94. The normalized spacial score (nSPS) is 11.3. The van der Waals surface area contributed by atoms with Crippen LogP contribution in [-0.4, -0.2) is 20.3 Å². The van der Waals surface area contributed by atoms with Crippen molar-refractivity contribution in [1.29, 1.82) is 0 Å². The molecule has 0 saturated heterocycles. The maximum Gasteiger partial charge on any atom is 0.221 e. The van der Waals surface area contributed by atoms with Crippen molar-refractivity contribution in [2.24, 2.45) is 0 Å². The standard InChI is InChI=1S/C21H17ClN4O3/c1-12-6-17(28-25-12)5-4-15-10-23-11-19(14(15)3)27-21-9-16(8-20(22)24-21)18-7-13(2)26-29-18/h4-11H,1-3H3/b5-4+. The summed E-state index contributed by atoms with van der Waals surface area (Å²) in [6.07, 6.45) is 7.10. The van der Waals surface area contributed by atoms with Crippen LogP contribution in [-0.2, 0) is 0 Å². The third kappa shape index (κ3) is 4.35. The first kappa shape index (κ1) is 18.9. The number of hydrogen-bond acceptors (Lipinski definition) is 7. The third-order valence-corrected chi connectivity index (χ3v) is 4.37. The van der Waals surface area contributed by atoms with Crippen LogP contribution in [0, 0.1) is 20.8 Å². The predicted molar refractivity (Wildman–Crippen MR) is 109 cm³/mol. The fraction of sp³-hybridized carbons (Fsp3) is 0.143. The van der Waals surface area contributed by atoms with Crippen molar-refractivity contribution in [3.05, 3.63) is 70.1 Å². The summed E-state index contributed by atoms with van der Waals surface area (Å²) in [5.74, 6) is 2.15. The summed E-state index contributed by atoms with van der Waals surface area (Å²) >= 11 is 6.17. The molecule has 146 valence electrons. The summed E-state index contributed by atoms with van der Waals surface area (Å²) in [5.41, 5.74) is 4.09. The molecule has 0 aliphatic rings.